The molecule has 24 heavy (non-hydrogen) atoms. The van der Waals surface area contributed by atoms with Gasteiger partial charge < -0.3 is 5.11 Å². The van der Waals surface area contributed by atoms with Gasteiger partial charge in [0.25, 0.3) is 0 Å². The quantitative estimate of drug-likeness (QED) is 0.800. The van der Waals surface area contributed by atoms with Gasteiger partial charge in [0.15, 0.2) is 5.78 Å². The van der Waals surface area contributed by atoms with Crippen LogP contribution in [0.5, 0.6) is 0 Å². The summed E-state index contributed by atoms with van der Waals surface area (Å²) in [6.45, 7) is 6.72. The molecule has 0 saturated heterocycles. The maximum absolute atomic E-state index is 12.5. The van der Waals surface area contributed by atoms with Gasteiger partial charge in [0.05, 0.1) is 6.61 Å². The van der Waals surface area contributed by atoms with Gasteiger partial charge in [-0.1, -0.05) is 26.3 Å². The molecule has 0 aromatic carbocycles. The highest BCUT2D eigenvalue weighted by Gasteiger charge is 2.62. The van der Waals surface area contributed by atoms with Crippen molar-refractivity contribution in [2.24, 2.45) is 40.4 Å². The van der Waals surface area contributed by atoms with E-state index in [1.807, 2.05) is 6.08 Å². The Kier molecular flexibility index (Phi) is 3.62. The van der Waals surface area contributed by atoms with E-state index in [1.54, 1.807) is 0 Å². The van der Waals surface area contributed by atoms with E-state index in [0.29, 0.717) is 35.9 Å². The van der Waals surface area contributed by atoms with Crippen molar-refractivity contribution in [3.8, 4) is 0 Å². The van der Waals surface area contributed by atoms with E-state index < -0.39 is 0 Å². The summed E-state index contributed by atoms with van der Waals surface area (Å²) < 4.78 is 0. The van der Waals surface area contributed by atoms with Crippen molar-refractivity contribution in [3.05, 3.63) is 11.6 Å². The molecule has 1 N–H and O–H groups in total. The molecule has 0 amide bonds. The third-order valence-corrected chi connectivity index (χ3v) is 8.47. The second-order valence-electron chi connectivity index (χ2n) is 9.30. The minimum absolute atomic E-state index is 0.132. The van der Waals surface area contributed by atoms with Crippen LogP contribution < -0.4 is 0 Å². The predicted molar refractivity (Wildman–Crippen MR) is 92.2 cm³/mol. The molecule has 3 saturated carbocycles. The summed E-state index contributed by atoms with van der Waals surface area (Å²) in [6, 6.07) is 0. The SMILES string of the molecule is C[C@@H]1CC(=O)C=C2[C@@H](C)C[C@@H]3[C@H](CC[C@]4(C)C(=O)CC[C@@H]34)[C@]21CO. The van der Waals surface area contributed by atoms with E-state index in [0.717, 1.165) is 32.1 Å². The standard InChI is InChI=1S/C21H30O3/c1-12-8-15-16-4-5-19(24)20(16,3)7-6-17(15)21(11-22)13(2)9-14(23)10-18(12)21/h10,12-13,15-17,22H,4-9,11H2,1-3H3/t12-,13+,15-,16-,17-,20-,21+/m0/s1. The molecule has 0 heterocycles. The highest BCUT2D eigenvalue weighted by atomic mass is 16.3. The number of aliphatic hydroxyl groups excluding tert-OH is 1. The van der Waals surface area contributed by atoms with Crippen LogP contribution in [0.1, 0.15) is 59.3 Å². The summed E-state index contributed by atoms with van der Waals surface area (Å²) in [5.74, 6) is 2.64. The fourth-order valence-electron chi connectivity index (χ4n) is 7.24. The van der Waals surface area contributed by atoms with Gasteiger partial charge in [0.1, 0.15) is 5.78 Å². The van der Waals surface area contributed by atoms with Gasteiger partial charge in [-0.05, 0) is 61.3 Å². The molecular formula is C21H30O3. The molecule has 0 unspecified atom stereocenters. The highest BCUT2D eigenvalue weighted by molar-refractivity contribution is 5.92. The topological polar surface area (TPSA) is 54.4 Å². The van der Waals surface area contributed by atoms with E-state index in [4.69, 9.17) is 0 Å². The molecule has 0 bridgehead atoms. The van der Waals surface area contributed by atoms with Crippen molar-refractivity contribution in [1.82, 2.24) is 0 Å². The Morgan fingerprint density at radius 2 is 1.96 bits per heavy atom. The van der Waals surface area contributed by atoms with Crippen molar-refractivity contribution in [1.29, 1.82) is 0 Å². The molecule has 7 atom stereocenters. The van der Waals surface area contributed by atoms with Crippen LogP contribution in [0, 0.1) is 40.4 Å². The van der Waals surface area contributed by atoms with E-state index in [9.17, 15) is 14.7 Å². The van der Waals surface area contributed by atoms with Crippen LogP contribution in [0.15, 0.2) is 11.6 Å². The second kappa shape index (κ2) is 5.27. The van der Waals surface area contributed by atoms with E-state index in [1.165, 1.54) is 5.57 Å². The molecule has 0 spiro atoms. The minimum atomic E-state index is -0.233. The number of hydrogen-bond acceptors (Lipinski definition) is 3. The number of hydrogen-bond donors (Lipinski definition) is 1. The van der Waals surface area contributed by atoms with Gasteiger partial charge in [0.2, 0.25) is 0 Å². The lowest BCUT2D eigenvalue weighted by Crippen LogP contribution is -2.57. The van der Waals surface area contributed by atoms with Crippen molar-refractivity contribution in [3.63, 3.8) is 0 Å². The average Bonchev–Trinajstić information content (AvgIpc) is 2.84. The molecule has 0 radical (unpaired) electrons. The molecule has 0 aromatic rings. The normalized spacial score (nSPS) is 50.8. The van der Waals surface area contributed by atoms with Crippen LogP contribution in [-0.2, 0) is 9.59 Å². The van der Waals surface area contributed by atoms with Crippen molar-refractivity contribution < 1.29 is 14.7 Å². The minimum Gasteiger partial charge on any atom is -0.395 e. The van der Waals surface area contributed by atoms with E-state index in [2.05, 4.69) is 20.8 Å². The second-order valence-corrected chi connectivity index (χ2v) is 9.30. The van der Waals surface area contributed by atoms with E-state index in [-0.39, 0.29) is 29.1 Å². The summed E-state index contributed by atoms with van der Waals surface area (Å²) in [5.41, 5.74) is 0.846. The number of carbonyl (C=O) groups is 2. The summed E-state index contributed by atoms with van der Waals surface area (Å²) in [6.07, 6.45) is 7.24. The van der Waals surface area contributed by atoms with Gasteiger partial charge >= 0.3 is 0 Å². The fourth-order valence-corrected chi connectivity index (χ4v) is 7.24. The zero-order valence-corrected chi connectivity index (χ0v) is 15.2. The van der Waals surface area contributed by atoms with Gasteiger partial charge in [-0.2, -0.15) is 0 Å². The van der Waals surface area contributed by atoms with Crippen LogP contribution in [0.3, 0.4) is 0 Å². The smallest absolute Gasteiger partial charge is 0.155 e. The molecule has 3 heteroatoms. The lowest BCUT2D eigenvalue weighted by Gasteiger charge is -2.61. The first-order chi connectivity index (χ1) is 11.3. The van der Waals surface area contributed by atoms with Gasteiger partial charge in [-0.25, -0.2) is 0 Å². The lowest BCUT2D eigenvalue weighted by molar-refractivity contribution is -0.138. The number of fused-ring (bicyclic) bond motifs is 5. The zero-order chi connectivity index (χ0) is 17.3. The Balaban J connectivity index is 1.80. The molecule has 4 rings (SSSR count). The van der Waals surface area contributed by atoms with Crippen molar-refractivity contribution in [2.75, 3.05) is 6.61 Å². The van der Waals surface area contributed by atoms with Crippen LogP contribution in [0.25, 0.3) is 0 Å². The number of Topliss-reactive ketones (excluding diaryl/α,β-unsaturated/α-hetero) is 1. The van der Waals surface area contributed by atoms with Gasteiger partial charge in [-0.3, -0.25) is 9.59 Å². The first kappa shape index (κ1) is 16.5. The first-order valence-electron chi connectivity index (χ1n) is 9.73. The highest BCUT2D eigenvalue weighted by Crippen LogP contribution is 2.66. The molecule has 4 aliphatic carbocycles. The molecule has 4 aliphatic rings. The average molecular weight is 330 g/mol. The third kappa shape index (κ3) is 1.88. The first-order valence-corrected chi connectivity index (χ1v) is 9.73. The third-order valence-electron chi connectivity index (χ3n) is 8.47. The summed E-state index contributed by atoms with van der Waals surface area (Å²) in [4.78, 5) is 24.7. The van der Waals surface area contributed by atoms with E-state index >= 15 is 0 Å². The monoisotopic (exact) mass is 330 g/mol. The Bertz CT molecular complexity index is 621. The number of carbonyl (C=O) groups excluding carboxylic acids is 2. The largest absolute Gasteiger partial charge is 0.395 e. The number of ketones is 2. The predicted octanol–water partition coefficient (Wildman–Crippen LogP) is 3.55. The van der Waals surface area contributed by atoms with Crippen LogP contribution in [-0.4, -0.2) is 23.3 Å². The molecule has 3 nitrogen and oxygen atoms in total. The number of rotatable bonds is 1. The maximum atomic E-state index is 12.5. The number of aliphatic hydroxyl groups is 1. The molecule has 0 aromatic heterocycles. The maximum Gasteiger partial charge on any atom is 0.155 e. The Morgan fingerprint density at radius 3 is 2.67 bits per heavy atom. The van der Waals surface area contributed by atoms with Crippen molar-refractivity contribution >= 4 is 11.6 Å². The van der Waals surface area contributed by atoms with Gasteiger partial charge in [0, 0.05) is 23.7 Å². The summed E-state index contributed by atoms with van der Waals surface area (Å²) >= 11 is 0. The van der Waals surface area contributed by atoms with Crippen LogP contribution in [0.4, 0.5) is 0 Å². The fraction of sp³-hybridized carbons (Fsp3) is 0.810. The van der Waals surface area contributed by atoms with Crippen LogP contribution in [0.2, 0.25) is 0 Å². The Morgan fingerprint density at radius 1 is 1.21 bits per heavy atom. The summed E-state index contributed by atoms with van der Waals surface area (Å²) in [5, 5.41) is 10.5. The molecule has 3 fully saturated rings. The Hall–Kier alpha value is -0.960. The van der Waals surface area contributed by atoms with Crippen LogP contribution >= 0.6 is 0 Å². The van der Waals surface area contributed by atoms with Crippen molar-refractivity contribution in [2.45, 2.75) is 59.3 Å². The zero-order valence-electron chi connectivity index (χ0n) is 15.2. The van der Waals surface area contributed by atoms with Gasteiger partial charge in [-0.15, -0.1) is 0 Å². The molecular weight excluding hydrogens is 300 g/mol. The Labute approximate surface area is 144 Å². The molecule has 0 aliphatic heterocycles. The summed E-state index contributed by atoms with van der Waals surface area (Å²) in [7, 11) is 0. The lowest BCUT2D eigenvalue weighted by atomic mass is 9.43. The molecule has 132 valence electrons.